The van der Waals surface area contributed by atoms with E-state index in [0.717, 1.165) is 24.4 Å². The van der Waals surface area contributed by atoms with Crippen LogP contribution < -0.4 is 10.9 Å². The van der Waals surface area contributed by atoms with Gasteiger partial charge in [-0.2, -0.15) is 8.78 Å². The van der Waals surface area contributed by atoms with Crippen LogP contribution in [-0.2, 0) is 10.7 Å². The molecule has 0 radical (unpaired) electrons. The van der Waals surface area contributed by atoms with Gasteiger partial charge in [-0.25, -0.2) is 8.78 Å². The van der Waals surface area contributed by atoms with Crippen molar-refractivity contribution in [3.05, 3.63) is 74.8 Å². The number of fused-ring (bicyclic) bond motifs is 1. The van der Waals surface area contributed by atoms with Crippen LogP contribution in [0.1, 0.15) is 35.3 Å². The van der Waals surface area contributed by atoms with Crippen LogP contribution in [0.5, 0.6) is 0 Å². The number of halogens is 4. The first-order valence-electron chi connectivity index (χ1n) is 8.65. The third kappa shape index (κ3) is 3.72. The maximum atomic E-state index is 14.9. The van der Waals surface area contributed by atoms with Crippen molar-refractivity contribution in [1.82, 2.24) is 15.3 Å². The first-order valence-corrected chi connectivity index (χ1v) is 8.65. The smallest absolute Gasteiger partial charge is 0.342 e. The van der Waals surface area contributed by atoms with Crippen LogP contribution in [0.2, 0.25) is 0 Å². The van der Waals surface area contributed by atoms with Gasteiger partial charge in [0.25, 0.3) is 11.5 Å². The van der Waals surface area contributed by atoms with E-state index in [9.17, 15) is 27.2 Å². The number of carbonyl (C=O) groups is 1. The fourth-order valence-electron chi connectivity index (χ4n) is 3.28. The van der Waals surface area contributed by atoms with E-state index in [4.69, 9.17) is 0 Å². The fourth-order valence-corrected chi connectivity index (χ4v) is 3.28. The molecule has 152 valence electrons. The molecule has 2 heterocycles. The molecule has 0 bridgehead atoms. The van der Waals surface area contributed by atoms with E-state index in [2.05, 4.69) is 15.3 Å². The van der Waals surface area contributed by atoms with Crippen LogP contribution in [0.15, 0.2) is 35.3 Å². The van der Waals surface area contributed by atoms with Gasteiger partial charge in [-0.1, -0.05) is 0 Å². The molecule has 2 N–H and O–H groups in total. The van der Waals surface area contributed by atoms with Gasteiger partial charge in [0.15, 0.2) is 0 Å². The number of aromatic nitrogens is 2. The summed E-state index contributed by atoms with van der Waals surface area (Å²) in [5.41, 5.74) is -1.66. The van der Waals surface area contributed by atoms with E-state index < -0.39 is 40.6 Å². The Morgan fingerprint density at radius 1 is 1.17 bits per heavy atom. The van der Waals surface area contributed by atoms with Crippen molar-refractivity contribution < 1.29 is 22.4 Å². The summed E-state index contributed by atoms with van der Waals surface area (Å²) in [5.74, 6) is -7.18. The van der Waals surface area contributed by atoms with E-state index in [0.29, 0.717) is 5.56 Å². The zero-order chi connectivity index (χ0) is 21.5. The highest BCUT2D eigenvalue weighted by atomic mass is 19.3. The first kappa shape index (κ1) is 20.5. The van der Waals surface area contributed by atoms with Crippen LogP contribution >= 0.6 is 0 Å². The molecule has 0 fully saturated rings. The second-order valence-corrected chi connectivity index (χ2v) is 6.77. The lowest BCUT2D eigenvalue weighted by atomic mass is 9.99. The van der Waals surface area contributed by atoms with Crippen molar-refractivity contribution in [2.45, 2.75) is 32.7 Å². The third-order valence-electron chi connectivity index (χ3n) is 4.68. The van der Waals surface area contributed by atoms with Gasteiger partial charge < -0.3 is 10.3 Å². The number of carbonyl (C=O) groups excluding carboxylic acids is 1. The maximum Gasteiger partial charge on any atom is 0.355 e. The monoisotopic (exact) mass is 407 g/mol. The zero-order valence-corrected chi connectivity index (χ0v) is 15.7. The number of rotatable bonds is 4. The molecule has 0 aliphatic heterocycles. The molecule has 2 aromatic heterocycles. The molecule has 0 aliphatic rings. The fraction of sp³-hybridized carbons (Fsp3) is 0.250. The summed E-state index contributed by atoms with van der Waals surface area (Å²) in [6.07, 6.45) is 0.913. The van der Waals surface area contributed by atoms with E-state index in [1.165, 1.54) is 26.8 Å². The highest BCUT2D eigenvalue weighted by Crippen LogP contribution is 2.32. The van der Waals surface area contributed by atoms with Gasteiger partial charge in [-0.15, -0.1) is 0 Å². The molecule has 1 amide bonds. The van der Waals surface area contributed by atoms with E-state index >= 15 is 0 Å². The number of nitrogens with zero attached hydrogens (tertiary/aromatic N) is 1. The van der Waals surface area contributed by atoms with Crippen LogP contribution in [-0.4, -0.2) is 15.9 Å². The number of pyridine rings is 2. The van der Waals surface area contributed by atoms with E-state index in [-0.39, 0.29) is 22.2 Å². The number of aryl methyl sites for hydroxylation is 2. The Hall–Kier alpha value is -3.23. The van der Waals surface area contributed by atoms with Gasteiger partial charge in [0.1, 0.15) is 11.6 Å². The summed E-state index contributed by atoms with van der Waals surface area (Å²) in [4.78, 5) is 30.7. The minimum absolute atomic E-state index is 0.0659. The molecule has 3 rings (SSSR count). The minimum atomic E-state index is -4.19. The highest BCUT2D eigenvalue weighted by Gasteiger charge is 2.45. The SMILES string of the molecule is Cc1cc(F)cnc1[C@H](C)NC(=O)C(F)(F)c1c(C)c2cc(F)ccc2[nH]c1=O. The molecule has 3 aromatic rings. The Kier molecular flexibility index (Phi) is 5.16. The lowest BCUT2D eigenvalue weighted by Gasteiger charge is -2.22. The van der Waals surface area contributed by atoms with Crippen molar-refractivity contribution in [3.63, 3.8) is 0 Å². The average molecular weight is 407 g/mol. The Bertz CT molecular complexity index is 1170. The normalized spacial score (nSPS) is 12.8. The molecule has 0 saturated carbocycles. The molecular weight excluding hydrogens is 390 g/mol. The summed E-state index contributed by atoms with van der Waals surface area (Å²) in [7, 11) is 0. The molecule has 9 heteroatoms. The summed E-state index contributed by atoms with van der Waals surface area (Å²) >= 11 is 0. The number of nitrogens with one attached hydrogen (secondary N) is 2. The average Bonchev–Trinajstić information content (AvgIpc) is 2.62. The van der Waals surface area contributed by atoms with Crippen LogP contribution in [0.3, 0.4) is 0 Å². The Morgan fingerprint density at radius 3 is 2.52 bits per heavy atom. The predicted octanol–water partition coefficient (Wildman–Crippen LogP) is 3.79. The number of hydrogen-bond donors (Lipinski definition) is 2. The Labute approximate surface area is 162 Å². The molecule has 0 aliphatic carbocycles. The lowest BCUT2D eigenvalue weighted by Crippen LogP contribution is -2.43. The molecule has 1 atom stereocenters. The molecular formula is C20H17F4N3O2. The number of hydrogen-bond acceptors (Lipinski definition) is 3. The molecule has 29 heavy (non-hydrogen) atoms. The van der Waals surface area contributed by atoms with Gasteiger partial charge in [0.05, 0.1) is 23.5 Å². The van der Waals surface area contributed by atoms with Crippen LogP contribution in [0, 0.1) is 25.5 Å². The first-order chi connectivity index (χ1) is 13.5. The topological polar surface area (TPSA) is 74.8 Å². The van der Waals surface area contributed by atoms with Gasteiger partial charge in [0, 0.05) is 10.9 Å². The number of benzene rings is 1. The largest absolute Gasteiger partial charge is 0.355 e. The number of aromatic amines is 1. The second kappa shape index (κ2) is 7.31. The standard InChI is InChI=1S/C20H17F4N3O2/c1-9-6-13(22)8-25-17(9)11(3)26-19(29)20(23,24)16-10(2)14-7-12(21)4-5-15(14)27-18(16)28/h4-8,11H,1-3H3,(H,26,29)(H,27,28)/t11-/m0/s1. The van der Waals surface area contributed by atoms with Gasteiger partial charge >= 0.3 is 5.92 Å². The van der Waals surface area contributed by atoms with Crippen molar-refractivity contribution in [3.8, 4) is 0 Å². The van der Waals surface area contributed by atoms with E-state index in [1.54, 1.807) is 0 Å². The van der Waals surface area contributed by atoms with Crippen LogP contribution in [0.4, 0.5) is 17.6 Å². The predicted molar refractivity (Wildman–Crippen MR) is 98.6 cm³/mol. The quantitative estimate of drug-likeness (QED) is 0.647. The zero-order valence-electron chi connectivity index (χ0n) is 15.7. The summed E-state index contributed by atoms with van der Waals surface area (Å²) in [5, 5.41) is 2.17. The molecule has 5 nitrogen and oxygen atoms in total. The van der Waals surface area contributed by atoms with E-state index in [1.807, 2.05) is 0 Å². The maximum absolute atomic E-state index is 14.9. The molecule has 0 saturated heterocycles. The lowest BCUT2D eigenvalue weighted by molar-refractivity contribution is -0.148. The van der Waals surface area contributed by atoms with Crippen molar-refractivity contribution in [2.24, 2.45) is 0 Å². The third-order valence-corrected chi connectivity index (χ3v) is 4.68. The second-order valence-electron chi connectivity index (χ2n) is 6.77. The van der Waals surface area contributed by atoms with Crippen LogP contribution in [0.25, 0.3) is 10.9 Å². The highest BCUT2D eigenvalue weighted by molar-refractivity contribution is 5.89. The van der Waals surface area contributed by atoms with Crippen molar-refractivity contribution in [2.75, 3.05) is 0 Å². The minimum Gasteiger partial charge on any atom is -0.342 e. The van der Waals surface area contributed by atoms with Crippen molar-refractivity contribution in [1.29, 1.82) is 0 Å². The molecule has 0 spiro atoms. The molecule has 0 unspecified atom stereocenters. The number of H-pyrrole nitrogens is 1. The van der Waals surface area contributed by atoms with Gasteiger partial charge in [0.2, 0.25) is 0 Å². The van der Waals surface area contributed by atoms with Gasteiger partial charge in [-0.3, -0.25) is 14.6 Å². The number of alkyl halides is 2. The molecule has 1 aromatic carbocycles. The number of amides is 1. The Balaban J connectivity index is 1.99. The van der Waals surface area contributed by atoms with Gasteiger partial charge in [-0.05, 0) is 56.2 Å². The summed E-state index contributed by atoms with van der Waals surface area (Å²) in [6.45, 7) is 4.16. The summed E-state index contributed by atoms with van der Waals surface area (Å²) < 4.78 is 56.6. The van der Waals surface area contributed by atoms with Crippen molar-refractivity contribution >= 4 is 16.8 Å². The Morgan fingerprint density at radius 2 is 1.86 bits per heavy atom. The summed E-state index contributed by atoms with van der Waals surface area (Å²) in [6, 6.07) is 3.54.